The lowest BCUT2D eigenvalue weighted by molar-refractivity contribution is -0.125. The van der Waals surface area contributed by atoms with Crippen LogP contribution in [-0.2, 0) is 9.53 Å². The predicted molar refractivity (Wildman–Crippen MR) is 106 cm³/mol. The lowest BCUT2D eigenvalue weighted by Gasteiger charge is -2.31. The molecule has 1 aromatic heterocycles. The highest BCUT2D eigenvalue weighted by Crippen LogP contribution is 2.33. The minimum absolute atomic E-state index is 0.0417. The Kier molecular flexibility index (Phi) is 5.14. The van der Waals surface area contributed by atoms with E-state index in [1.165, 1.54) is 15.8 Å². The second kappa shape index (κ2) is 7.53. The largest absolute Gasteiger partial charge is 0.376 e. The Hall–Kier alpha value is -1.66. The molecule has 1 aromatic carbocycles. The summed E-state index contributed by atoms with van der Waals surface area (Å²) in [7, 11) is 0. The van der Waals surface area contributed by atoms with Gasteiger partial charge in [-0.25, -0.2) is 4.98 Å². The Morgan fingerprint density at radius 2 is 2.23 bits per heavy atom. The van der Waals surface area contributed by atoms with E-state index in [1.54, 1.807) is 11.3 Å². The summed E-state index contributed by atoms with van der Waals surface area (Å²) in [6, 6.07) is 4.39. The second-order valence-electron chi connectivity index (χ2n) is 7.59. The van der Waals surface area contributed by atoms with Crippen molar-refractivity contribution in [2.45, 2.75) is 45.6 Å². The number of carbonyl (C=O) groups is 1. The number of thiazole rings is 1. The van der Waals surface area contributed by atoms with Crippen molar-refractivity contribution >= 4 is 32.6 Å². The molecule has 2 saturated heterocycles. The van der Waals surface area contributed by atoms with E-state index < -0.39 is 0 Å². The zero-order chi connectivity index (χ0) is 18.1. The number of fused-ring (bicyclic) bond motifs is 1. The van der Waals surface area contributed by atoms with Crippen LogP contribution in [0.2, 0.25) is 0 Å². The van der Waals surface area contributed by atoms with E-state index in [1.807, 2.05) is 0 Å². The fourth-order valence-corrected chi connectivity index (χ4v) is 5.20. The summed E-state index contributed by atoms with van der Waals surface area (Å²) < 4.78 is 6.84. The van der Waals surface area contributed by atoms with Crippen molar-refractivity contribution in [2.24, 2.45) is 5.92 Å². The molecule has 26 heavy (non-hydrogen) atoms. The first-order chi connectivity index (χ1) is 12.6. The average Bonchev–Trinajstić information content (AvgIpc) is 3.29. The van der Waals surface area contributed by atoms with Crippen LogP contribution in [0.3, 0.4) is 0 Å². The third-order valence-corrected chi connectivity index (χ3v) is 6.47. The number of aryl methyl sites for hydroxylation is 2. The standard InChI is InChI=1S/C20H27N3O2S/c1-13-9-14(2)18-17(10-13)26-20(22-18)23-7-3-5-15(12-23)19(24)21-11-16-6-4-8-25-16/h9-10,15-16H,3-8,11-12H2,1-2H3,(H,21,24). The molecule has 0 bridgehead atoms. The van der Waals surface area contributed by atoms with Gasteiger partial charge in [-0.1, -0.05) is 17.4 Å². The minimum atomic E-state index is 0.0417. The number of carbonyl (C=O) groups excluding carboxylic acids is 1. The van der Waals surface area contributed by atoms with Crippen LogP contribution in [-0.4, -0.2) is 43.2 Å². The lowest BCUT2D eigenvalue weighted by atomic mass is 9.97. The van der Waals surface area contributed by atoms with Crippen molar-refractivity contribution in [1.82, 2.24) is 10.3 Å². The summed E-state index contributed by atoms with van der Waals surface area (Å²) in [5, 5.41) is 4.15. The summed E-state index contributed by atoms with van der Waals surface area (Å²) in [6.07, 6.45) is 4.35. The molecule has 5 nitrogen and oxygen atoms in total. The smallest absolute Gasteiger partial charge is 0.224 e. The molecule has 3 heterocycles. The van der Waals surface area contributed by atoms with Gasteiger partial charge in [-0.3, -0.25) is 4.79 Å². The van der Waals surface area contributed by atoms with Gasteiger partial charge in [0.25, 0.3) is 0 Å². The maximum Gasteiger partial charge on any atom is 0.224 e. The molecule has 0 aliphatic carbocycles. The van der Waals surface area contributed by atoms with Crippen LogP contribution in [0.4, 0.5) is 5.13 Å². The van der Waals surface area contributed by atoms with Gasteiger partial charge in [0.15, 0.2) is 5.13 Å². The molecule has 1 amide bonds. The number of aromatic nitrogens is 1. The Bertz CT molecular complexity index is 798. The number of anilines is 1. The molecule has 0 radical (unpaired) electrons. The Morgan fingerprint density at radius 3 is 3.04 bits per heavy atom. The first-order valence-electron chi connectivity index (χ1n) is 9.62. The Labute approximate surface area is 158 Å². The normalized spacial score (nSPS) is 23.5. The highest BCUT2D eigenvalue weighted by molar-refractivity contribution is 7.22. The molecule has 2 fully saturated rings. The molecule has 0 spiro atoms. The summed E-state index contributed by atoms with van der Waals surface area (Å²) in [5.41, 5.74) is 3.60. The van der Waals surface area contributed by atoms with Crippen LogP contribution in [0.25, 0.3) is 10.2 Å². The van der Waals surface area contributed by atoms with E-state index in [9.17, 15) is 4.79 Å². The summed E-state index contributed by atoms with van der Waals surface area (Å²) in [5.74, 6) is 0.207. The third-order valence-electron chi connectivity index (χ3n) is 5.41. The first kappa shape index (κ1) is 17.7. The van der Waals surface area contributed by atoms with Gasteiger partial charge in [-0.05, 0) is 56.7 Å². The van der Waals surface area contributed by atoms with Crippen molar-refractivity contribution in [2.75, 3.05) is 31.1 Å². The summed E-state index contributed by atoms with van der Waals surface area (Å²) in [6.45, 7) is 7.46. The molecule has 2 aromatic rings. The number of ether oxygens (including phenoxy) is 1. The van der Waals surface area contributed by atoms with Gasteiger partial charge in [0, 0.05) is 26.2 Å². The summed E-state index contributed by atoms with van der Waals surface area (Å²) in [4.78, 5) is 19.8. The van der Waals surface area contributed by atoms with E-state index in [-0.39, 0.29) is 17.9 Å². The maximum absolute atomic E-state index is 12.6. The van der Waals surface area contributed by atoms with Crippen LogP contribution in [0.1, 0.15) is 36.8 Å². The van der Waals surface area contributed by atoms with E-state index in [0.29, 0.717) is 6.54 Å². The van der Waals surface area contributed by atoms with Gasteiger partial charge in [0.05, 0.1) is 22.2 Å². The van der Waals surface area contributed by atoms with Crippen LogP contribution >= 0.6 is 11.3 Å². The Balaban J connectivity index is 1.43. The van der Waals surface area contributed by atoms with Gasteiger partial charge in [-0.15, -0.1) is 0 Å². The summed E-state index contributed by atoms with van der Waals surface area (Å²) >= 11 is 1.74. The Morgan fingerprint density at radius 1 is 1.35 bits per heavy atom. The zero-order valence-corrected chi connectivity index (χ0v) is 16.4. The molecule has 0 saturated carbocycles. The predicted octanol–water partition coefficient (Wildman–Crippen LogP) is 3.42. The fraction of sp³-hybridized carbons (Fsp3) is 0.600. The third kappa shape index (κ3) is 3.71. The van der Waals surface area contributed by atoms with E-state index in [4.69, 9.17) is 9.72 Å². The number of amides is 1. The van der Waals surface area contributed by atoms with Gasteiger partial charge < -0.3 is 15.0 Å². The first-order valence-corrected chi connectivity index (χ1v) is 10.4. The van der Waals surface area contributed by atoms with Crippen molar-refractivity contribution in [1.29, 1.82) is 0 Å². The number of piperidine rings is 1. The molecule has 2 atom stereocenters. The number of nitrogens with one attached hydrogen (secondary N) is 1. The molecule has 1 N–H and O–H groups in total. The maximum atomic E-state index is 12.6. The fourth-order valence-electron chi connectivity index (χ4n) is 4.02. The molecule has 6 heteroatoms. The zero-order valence-electron chi connectivity index (χ0n) is 15.6. The number of rotatable bonds is 4. The van der Waals surface area contributed by atoms with E-state index in [0.717, 1.165) is 56.0 Å². The van der Waals surface area contributed by atoms with E-state index in [2.05, 4.69) is 36.2 Å². The molecule has 4 rings (SSSR count). The van der Waals surface area contributed by atoms with Gasteiger partial charge >= 0.3 is 0 Å². The van der Waals surface area contributed by atoms with Crippen molar-refractivity contribution in [3.63, 3.8) is 0 Å². The number of hydrogen-bond acceptors (Lipinski definition) is 5. The van der Waals surface area contributed by atoms with E-state index >= 15 is 0 Å². The van der Waals surface area contributed by atoms with Gasteiger partial charge in [0.2, 0.25) is 5.91 Å². The minimum Gasteiger partial charge on any atom is -0.376 e. The SMILES string of the molecule is Cc1cc(C)c2nc(N3CCCC(C(=O)NCC4CCCO4)C3)sc2c1. The average molecular weight is 374 g/mol. The van der Waals surface area contributed by atoms with Crippen LogP contribution in [0.15, 0.2) is 12.1 Å². The molecule has 2 aliphatic rings. The topological polar surface area (TPSA) is 54.5 Å². The second-order valence-corrected chi connectivity index (χ2v) is 8.60. The number of benzene rings is 1. The molecular formula is C20H27N3O2S. The van der Waals surface area contributed by atoms with Gasteiger partial charge in [-0.2, -0.15) is 0 Å². The van der Waals surface area contributed by atoms with Gasteiger partial charge in [0.1, 0.15) is 0 Å². The highest BCUT2D eigenvalue weighted by atomic mass is 32.1. The van der Waals surface area contributed by atoms with Crippen molar-refractivity contribution in [3.8, 4) is 0 Å². The quantitative estimate of drug-likeness (QED) is 0.892. The lowest BCUT2D eigenvalue weighted by Crippen LogP contribution is -2.44. The molecule has 140 valence electrons. The van der Waals surface area contributed by atoms with Crippen LogP contribution < -0.4 is 10.2 Å². The van der Waals surface area contributed by atoms with Crippen molar-refractivity contribution < 1.29 is 9.53 Å². The molecule has 2 aliphatic heterocycles. The molecular weight excluding hydrogens is 346 g/mol. The molecule has 2 unspecified atom stereocenters. The van der Waals surface area contributed by atoms with Crippen LogP contribution in [0.5, 0.6) is 0 Å². The number of nitrogens with zero attached hydrogens (tertiary/aromatic N) is 2. The van der Waals surface area contributed by atoms with Crippen LogP contribution in [0, 0.1) is 19.8 Å². The monoisotopic (exact) mass is 373 g/mol. The van der Waals surface area contributed by atoms with Crippen molar-refractivity contribution in [3.05, 3.63) is 23.3 Å². The number of hydrogen-bond donors (Lipinski definition) is 1. The highest BCUT2D eigenvalue weighted by Gasteiger charge is 2.28.